The zero-order valence-corrected chi connectivity index (χ0v) is 24.7. The van der Waals surface area contributed by atoms with Gasteiger partial charge in [-0.3, -0.25) is 24.9 Å². The SMILES string of the molecule is C#C[C@@]1(C(C)(C)C)CC(=O)N(C(c2cccnc2)c2cccc(C(=O)N[C@H]3CC(C)(C)Oc4ccccc43)c2)C(=N)N1. The molecule has 0 saturated carbocycles. The molecule has 2 amide bonds. The third-order valence-corrected chi connectivity index (χ3v) is 8.19. The maximum Gasteiger partial charge on any atom is 0.251 e. The first-order chi connectivity index (χ1) is 19.8. The Morgan fingerprint density at radius 1 is 1.17 bits per heavy atom. The zero-order chi connectivity index (χ0) is 30.3. The third kappa shape index (κ3) is 5.35. The highest BCUT2D eigenvalue weighted by Crippen LogP contribution is 2.41. The molecular weight excluding hydrogens is 526 g/mol. The van der Waals surface area contributed by atoms with Gasteiger partial charge in [0.15, 0.2) is 5.96 Å². The fourth-order valence-corrected chi connectivity index (χ4v) is 5.82. The number of fused-ring (bicyclic) bond motifs is 1. The van der Waals surface area contributed by atoms with Crippen molar-refractivity contribution in [1.82, 2.24) is 20.5 Å². The average Bonchev–Trinajstić information content (AvgIpc) is 2.94. The van der Waals surface area contributed by atoms with Crippen molar-refractivity contribution in [1.29, 1.82) is 5.41 Å². The van der Waals surface area contributed by atoms with Gasteiger partial charge < -0.3 is 15.4 Å². The molecule has 0 spiro atoms. The molecular formula is C34H37N5O3. The van der Waals surface area contributed by atoms with E-state index in [2.05, 4.69) is 21.5 Å². The van der Waals surface area contributed by atoms with E-state index < -0.39 is 22.6 Å². The summed E-state index contributed by atoms with van der Waals surface area (Å²) in [5.41, 5.74) is 0.832. The van der Waals surface area contributed by atoms with Crippen LogP contribution >= 0.6 is 0 Å². The van der Waals surface area contributed by atoms with Crippen molar-refractivity contribution in [2.45, 2.75) is 70.7 Å². The fourth-order valence-electron chi connectivity index (χ4n) is 5.82. The molecule has 8 heteroatoms. The molecule has 2 aliphatic rings. The van der Waals surface area contributed by atoms with E-state index in [0.29, 0.717) is 23.1 Å². The monoisotopic (exact) mass is 563 g/mol. The normalized spacial score (nSPS) is 22.2. The zero-order valence-electron chi connectivity index (χ0n) is 24.7. The lowest BCUT2D eigenvalue weighted by molar-refractivity contribution is -0.132. The number of guanidine groups is 1. The first kappa shape index (κ1) is 28.9. The lowest BCUT2D eigenvalue weighted by Gasteiger charge is -2.48. The van der Waals surface area contributed by atoms with Gasteiger partial charge in [-0.25, -0.2) is 0 Å². The van der Waals surface area contributed by atoms with E-state index in [1.165, 1.54) is 4.90 Å². The summed E-state index contributed by atoms with van der Waals surface area (Å²) in [6.45, 7) is 9.88. The Morgan fingerprint density at radius 2 is 1.90 bits per heavy atom. The van der Waals surface area contributed by atoms with Crippen molar-refractivity contribution in [3.63, 3.8) is 0 Å². The van der Waals surface area contributed by atoms with Gasteiger partial charge in [0.25, 0.3) is 5.91 Å². The van der Waals surface area contributed by atoms with Gasteiger partial charge >= 0.3 is 0 Å². The first-order valence-corrected chi connectivity index (χ1v) is 14.1. The van der Waals surface area contributed by atoms with E-state index in [1.807, 2.05) is 71.0 Å². The molecule has 1 aromatic heterocycles. The molecule has 0 bridgehead atoms. The van der Waals surface area contributed by atoms with Crippen LogP contribution in [0.2, 0.25) is 0 Å². The molecule has 5 rings (SSSR count). The minimum atomic E-state index is -1.01. The molecule has 3 aromatic rings. The van der Waals surface area contributed by atoms with Crippen molar-refractivity contribution >= 4 is 17.8 Å². The number of pyridine rings is 1. The summed E-state index contributed by atoms with van der Waals surface area (Å²) in [5, 5.41) is 15.3. The smallest absolute Gasteiger partial charge is 0.251 e. The first-order valence-electron chi connectivity index (χ1n) is 14.1. The Hall–Kier alpha value is -4.64. The Morgan fingerprint density at radius 3 is 2.57 bits per heavy atom. The van der Waals surface area contributed by atoms with Gasteiger partial charge in [0.1, 0.15) is 16.9 Å². The summed E-state index contributed by atoms with van der Waals surface area (Å²) >= 11 is 0. The van der Waals surface area contributed by atoms with Gasteiger partial charge in [-0.2, -0.15) is 0 Å². The van der Waals surface area contributed by atoms with Crippen LogP contribution in [0.5, 0.6) is 5.75 Å². The van der Waals surface area contributed by atoms with E-state index >= 15 is 0 Å². The van der Waals surface area contributed by atoms with Crippen molar-refractivity contribution in [2.75, 3.05) is 0 Å². The summed E-state index contributed by atoms with van der Waals surface area (Å²) in [6.07, 6.45) is 9.89. The second kappa shape index (κ2) is 10.6. The van der Waals surface area contributed by atoms with Crippen molar-refractivity contribution in [3.8, 4) is 18.1 Å². The molecule has 1 saturated heterocycles. The highest BCUT2D eigenvalue weighted by atomic mass is 16.5. The Kier molecular flexibility index (Phi) is 7.32. The predicted octanol–water partition coefficient (Wildman–Crippen LogP) is 5.38. The molecule has 1 fully saturated rings. The van der Waals surface area contributed by atoms with E-state index in [4.69, 9.17) is 16.6 Å². The fraction of sp³-hybridized carbons (Fsp3) is 0.353. The number of terminal acetylenes is 1. The maximum absolute atomic E-state index is 13.8. The van der Waals surface area contributed by atoms with Crippen molar-refractivity contribution in [3.05, 3.63) is 95.3 Å². The number of hydrogen-bond acceptors (Lipinski definition) is 5. The highest BCUT2D eigenvalue weighted by molar-refractivity contribution is 6.01. The number of amides is 2. The van der Waals surface area contributed by atoms with Gasteiger partial charge in [0.2, 0.25) is 5.91 Å². The van der Waals surface area contributed by atoms with Crippen LogP contribution in [-0.4, -0.2) is 38.8 Å². The number of ether oxygens (including phenoxy) is 1. The largest absolute Gasteiger partial charge is 0.487 e. The Labute approximate surface area is 247 Å². The van der Waals surface area contributed by atoms with Crippen LogP contribution in [0, 0.1) is 23.2 Å². The van der Waals surface area contributed by atoms with E-state index in [0.717, 1.165) is 11.3 Å². The number of carbonyl (C=O) groups is 2. The molecule has 3 atom stereocenters. The number of aromatic nitrogens is 1. The summed E-state index contributed by atoms with van der Waals surface area (Å²) in [7, 11) is 0. The lowest BCUT2D eigenvalue weighted by Crippen LogP contribution is -2.67. The number of hydrogen-bond donors (Lipinski definition) is 3. The molecule has 3 N–H and O–H groups in total. The van der Waals surface area contributed by atoms with Crippen LogP contribution in [-0.2, 0) is 4.79 Å². The Bertz CT molecular complexity index is 1550. The highest BCUT2D eigenvalue weighted by Gasteiger charge is 2.50. The van der Waals surface area contributed by atoms with Crippen LogP contribution < -0.4 is 15.4 Å². The van der Waals surface area contributed by atoms with Gasteiger partial charge in [-0.15, -0.1) is 6.42 Å². The topological polar surface area (TPSA) is 107 Å². The molecule has 42 heavy (non-hydrogen) atoms. The predicted molar refractivity (Wildman–Crippen MR) is 162 cm³/mol. The van der Waals surface area contributed by atoms with Crippen molar-refractivity contribution in [2.24, 2.45) is 5.41 Å². The number of nitrogens with zero attached hydrogens (tertiary/aromatic N) is 2. The minimum absolute atomic E-state index is 0.0191. The summed E-state index contributed by atoms with van der Waals surface area (Å²) in [4.78, 5) is 33.2. The molecule has 3 heterocycles. The molecule has 2 aliphatic heterocycles. The third-order valence-electron chi connectivity index (χ3n) is 8.19. The van der Waals surface area contributed by atoms with Gasteiger partial charge in [-0.05, 0) is 54.7 Å². The number of nitrogens with one attached hydrogen (secondary N) is 3. The summed E-state index contributed by atoms with van der Waals surface area (Å²) in [5.74, 6) is 2.91. The van der Waals surface area contributed by atoms with E-state index in [1.54, 1.807) is 36.7 Å². The summed E-state index contributed by atoms with van der Waals surface area (Å²) in [6, 6.07) is 17.6. The van der Waals surface area contributed by atoms with Crippen LogP contribution in [0.25, 0.3) is 0 Å². The molecule has 0 radical (unpaired) electrons. The van der Waals surface area contributed by atoms with Crippen LogP contribution in [0.15, 0.2) is 73.1 Å². The summed E-state index contributed by atoms with van der Waals surface area (Å²) < 4.78 is 6.13. The van der Waals surface area contributed by atoms with Gasteiger partial charge in [0, 0.05) is 29.9 Å². The number of carbonyl (C=O) groups excluding carboxylic acids is 2. The van der Waals surface area contributed by atoms with E-state index in [-0.39, 0.29) is 30.2 Å². The quantitative estimate of drug-likeness (QED) is 0.362. The maximum atomic E-state index is 13.8. The molecule has 1 unspecified atom stereocenters. The minimum Gasteiger partial charge on any atom is -0.487 e. The van der Waals surface area contributed by atoms with Crippen molar-refractivity contribution < 1.29 is 14.3 Å². The average molecular weight is 564 g/mol. The molecule has 216 valence electrons. The van der Waals surface area contributed by atoms with Crippen LogP contribution in [0.1, 0.15) is 86.6 Å². The van der Waals surface area contributed by atoms with E-state index in [9.17, 15) is 9.59 Å². The number of rotatable bonds is 5. The lowest BCUT2D eigenvalue weighted by atomic mass is 9.70. The Balaban J connectivity index is 1.49. The van der Waals surface area contributed by atoms with Crippen LogP contribution in [0.3, 0.4) is 0 Å². The molecule has 2 aromatic carbocycles. The van der Waals surface area contributed by atoms with Gasteiger partial charge in [-0.1, -0.05) is 63.1 Å². The second-order valence-electron chi connectivity index (χ2n) is 12.7. The second-order valence-corrected chi connectivity index (χ2v) is 12.7. The number of para-hydroxylation sites is 1. The number of benzene rings is 2. The molecule has 0 aliphatic carbocycles. The van der Waals surface area contributed by atoms with Crippen LogP contribution in [0.4, 0.5) is 0 Å². The van der Waals surface area contributed by atoms with Gasteiger partial charge in [0.05, 0.1) is 18.5 Å². The standard InChI is InChI=1S/C34H37N5O3/c1-7-34(32(2,3)4)20-28(40)39(31(35)38-34)29(24-14-11-17-36-21-24)22-12-10-13-23(18-22)30(41)37-26-19-33(5,6)42-27-16-9-8-15-25(26)27/h1,8-18,21,26,29H,19-20H2,2-6H3,(H2,35,38)(H,37,41)/t26-,29?,34-/m0/s1. The molecule has 8 nitrogen and oxygen atoms in total.